The van der Waals surface area contributed by atoms with Crippen molar-refractivity contribution >= 4 is 11.9 Å². The third-order valence-corrected chi connectivity index (χ3v) is 4.20. The highest BCUT2D eigenvalue weighted by Crippen LogP contribution is 2.30. The van der Waals surface area contributed by atoms with E-state index in [0.717, 1.165) is 12.1 Å². The highest BCUT2D eigenvalue weighted by Gasteiger charge is 2.31. The third-order valence-electron chi connectivity index (χ3n) is 4.20. The number of hydrogen-bond acceptors (Lipinski definition) is 2. The van der Waals surface area contributed by atoms with Crippen LogP contribution in [0.3, 0.4) is 0 Å². The number of likely N-dealkylation sites (tertiary alicyclic amines) is 1. The van der Waals surface area contributed by atoms with Crippen LogP contribution in [0.4, 0.5) is 18.0 Å². The van der Waals surface area contributed by atoms with Crippen molar-refractivity contribution < 1.29 is 22.8 Å². The Balaban J connectivity index is 1.97. The van der Waals surface area contributed by atoms with Crippen molar-refractivity contribution in [1.29, 1.82) is 0 Å². The van der Waals surface area contributed by atoms with Crippen LogP contribution >= 0.6 is 0 Å². The molecule has 0 bridgehead atoms. The fourth-order valence-corrected chi connectivity index (χ4v) is 2.77. The van der Waals surface area contributed by atoms with Crippen LogP contribution in [0.2, 0.25) is 0 Å². The number of nitrogens with one attached hydrogen (secondary N) is 1. The number of nitrogens with two attached hydrogens (primary N) is 1. The summed E-state index contributed by atoms with van der Waals surface area (Å²) in [5.74, 6) is -0.587. The first kappa shape index (κ1) is 18.1. The molecule has 132 valence electrons. The van der Waals surface area contributed by atoms with Gasteiger partial charge in [-0.1, -0.05) is 12.1 Å². The van der Waals surface area contributed by atoms with E-state index >= 15 is 0 Å². The number of nitrogens with zero attached hydrogens (tertiary/aromatic N) is 1. The molecule has 0 saturated carbocycles. The third kappa shape index (κ3) is 4.39. The van der Waals surface area contributed by atoms with Gasteiger partial charge in [-0.25, -0.2) is 4.79 Å². The molecule has 1 saturated heterocycles. The van der Waals surface area contributed by atoms with Crippen LogP contribution in [-0.2, 0) is 11.0 Å². The molecule has 0 aromatic heterocycles. The number of halogens is 3. The van der Waals surface area contributed by atoms with Gasteiger partial charge < -0.3 is 16.0 Å². The van der Waals surface area contributed by atoms with Gasteiger partial charge in [0.25, 0.3) is 0 Å². The Morgan fingerprint density at radius 1 is 1.29 bits per heavy atom. The average molecular weight is 343 g/mol. The SMILES string of the molecule is CC(NC(=O)C1CCCN(C(N)=O)C1)c1ccc(C(F)(F)F)cc1. The second-order valence-corrected chi connectivity index (χ2v) is 5.97. The minimum Gasteiger partial charge on any atom is -0.351 e. The number of primary amides is 1. The fraction of sp³-hybridized carbons (Fsp3) is 0.500. The second kappa shape index (κ2) is 7.11. The molecule has 2 atom stereocenters. The Labute approximate surface area is 138 Å². The van der Waals surface area contributed by atoms with Crippen molar-refractivity contribution in [3.8, 4) is 0 Å². The van der Waals surface area contributed by atoms with Crippen LogP contribution in [0.1, 0.15) is 36.9 Å². The van der Waals surface area contributed by atoms with Crippen LogP contribution in [0, 0.1) is 5.92 Å². The summed E-state index contributed by atoms with van der Waals surface area (Å²) in [6, 6.07) is 3.71. The minimum atomic E-state index is -4.38. The fourth-order valence-electron chi connectivity index (χ4n) is 2.77. The molecule has 1 aliphatic rings. The maximum atomic E-state index is 12.6. The lowest BCUT2D eigenvalue weighted by Gasteiger charge is -2.31. The van der Waals surface area contributed by atoms with Gasteiger partial charge in [0.15, 0.2) is 0 Å². The Bertz CT molecular complexity index is 602. The van der Waals surface area contributed by atoms with Crippen LogP contribution in [0.25, 0.3) is 0 Å². The van der Waals surface area contributed by atoms with Gasteiger partial charge in [0.05, 0.1) is 17.5 Å². The lowest BCUT2D eigenvalue weighted by molar-refractivity contribution is -0.137. The average Bonchev–Trinajstić information content (AvgIpc) is 2.54. The van der Waals surface area contributed by atoms with Crippen molar-refractivity contribution in [2.24, 2.45) is 11.7 Å². The Morgan fingerprint density at radius 3 is 2.46 bits per heavy atom. The van der Waals surface area contributed by atoms with Crippen molar-refractivity contribution in [2.75, 3.05) is 13.1 Å². The van der Waals surface area contributed by atoms with E-state index in [0.29, 0.717) is 24.9 Å². The smallest absolute Gasteiger partial charge is 0.351 e. The monoisotopic (exact) mass is 343 g/mol. The van der Waals surface area contributed by atoms with Gasteiger partial charge in [0.2, 0.25) is 5.91 Å². The molecular weight excluding hydrogens is 323 g/mol. The summed E-state index contributed by atoms with van der Waals surface area (Å²) in [5.41, 5.74) is 5.09. The maximum absolute atomic E-state index is 12.6. The lowest BCUT2D eigenvalue weighted by atomic mass is 9.96. The van der Waals surface area contributed by atoms with Gasteiger partial charge in [-0.05, 0) is 37.5 Å². The molecule has 3 N–H and O–H groups in total. The van der Waals surface area contributed by atoms with Crippen molar-refractivity contribution in [1.82, 2.24) is 10.2 Å². The van der Waals surface area contributed by atoms with Crippen LogP contribution in [0.15, 0.2) is 24.3 Å². The maximum Gasteiger partial charge on any atom is 0.416 e. The first-order valence-corrected chi connectivity index (χ1v) is 7.70. The molecular formula is C16H20F3N3O2. The molecule has 1 fully saturated rings. The molecule has 24 heavy (non-hydrogen) atoms. The Morgan fingerprint density at radius 2 is 1.92 bits per heavy atom. The van der Waals surface area contributed by atoms with Crippen LogP contribution in [0.5, 0.6) is 0 Å². The predicted molar refractivity (Wildman–Crippen MR) is 81.9 cm³/mol. The number of carbonyl (C=O) groups excluding carboxylic acids is 2. The van der Waals surface area contributed by atoms with Gasteiger partial charge in [0.1, 0.15) is 0 Å². The number of carbonyl (C=O) groups is 2. The zero-order valence-electron chi connectivity index (χ0n) is 13.3. The predicted octanol–water partition coefficient (Wildman–Crippen LogP) is 2.67. The van der Waals surface area contributed by atoms with Crippen molar-refractivity contribution in [2.45, 2.75) is 32.0 Å². The standard InChI is InChI=1S/C16H20F3N3O2/c1-10(11-4-6-13(7-5-11)16(17,18)19)21-14(23)12-3-2-8-22(9-12)15(20)24/h4-7,10,12H,2-3,8-9H2,1H3,(H2,20,24)(H,21,23). The summed E-state index contributed by atoms with van der Waals surface area (Å²) in [5, 5.41) is 2.78. The van der Waals surface area contributed by atoms with E-state index in [9.17, 15) is 22.8 Å². The van der Waals surface area contributed by atoms with E-state index in [1.54, 1.807) is 6.92 Å². The summed E-state index contributed by atoms with van der Waals surface area (Å²) >= 11 is 0. The summed E-state index contributed by atoms with van der Waals surface area (Å²) < 4.78 is 37.7. The molecule has 0 aliphatic carbocycles. The van der Waals surface area contributed by atoms with Gasteiger partial charge in [0, 0.05) is 13.1 Å². The van der Waals surface area contributed by atoms with E-state index in [-0.39, 0.29) is 18.4 Å². The molecule has 1 aliphatic heterocycles. The minimum absolute atomic E-state index is 0.228. The number of piperidine rings is 1. The highest BCUT2D eigenvalue weighted by molar-refractivity contribution is 5.80. The molecule has 1 aromatic rings. The first-order valence-electron chi connectivity index (χ1n) is 7.70. The van der Waals surface area contributed by atoms with E-state index in [1.807, 2.05) is 0 Å². The van der Waals surface area contributed by atoms with Gasteiger partial charge in [-0.3, -0.25) is 4.79 Å². The van der Waals surface area contributed by atoms with Gasteiger partial charge in [-0.2, -0.15) is 13.2 Å². The molecule has 1 aromatic carbocycles. The van der Waals surface area contributed by atoms with Crippen LogP contribution < -0.4 is 11.1 Å². The molecule has 1 heterocycles. The van der Waals surface area contributed by atoms with E-state index in [1.165, 1.54) is 17.0 Å². The molecule has 2 unspecified atom stereocenters. The summed E-state index contributed by atoms with van der Waals surface area (Å²) in [7, 11) is 0. The second-order valence-electron chi connectivity index (χ2n) is 5.97. The zero-order valence-corrected chi connectivity index (χ0v) is 13.3. The summed E-state index contributed by atoms with van der Waals surface area (Å²) in [6.07, 6.45) is -3.05. The Hall–Kier alpha value is -2.25. The zero-order chi connectivity index (χ0) is 17.9. The molecule has 3 amide bonds. The normalized spacial score (nSPS) is 19.7. The van der Waals surface area contributed by atoms with E-state index < -0.39 is 23.8 Å². The van der Waals surface area contributed by atoms with Crippen molar-refractivity contribution in [3.05, 3.63) is 35.4 Å². The number of benzene rings is 1. The van der Waals surface area contributed by atoms with E-state index in [4.69, 9.17) is 5.73 Å². The van der Waals surface area contributed by atoms with Gasteiger partial charge >= 0.3 is 12.2 Å². The summed E-state index contributed by atoms with van der Waals surface area (Å²) in [6.45, 7) is 2.50. The number of urea groups is 1. The molecule has 0 radical (unpaired) electrons. The highest BCUT2D eigenvalue weighted by atomic mass is 19.4. The number of amides is 3. The van der Waals surface area contributed by atoms with E-state index in [2.05, 4.69) is 5.32 Å². The number of alkyl halides is 3. The Kier molecular flexibility index (Phi) is 5.36. The van der Waals surface area contributed by atoms with Gasteiger partial charge in [-0.15, -0.1) is 0 Å². The molecule has 0 spiro atoms. The number of rotatable bonds is 3. The van der Waals surface area contributed by atoms with Crippen molar-refractivity contribution in [3.63, 3.8) is 0 Å². The topological polar surface area (TPSA) is 75.4 Å². The molecule has 2 rings (SSSR count). The first-order chi connectivity index (χ1) is 11.2. The molecule has 8 heteroatoms. The quantitative estimate of drug-likeness (QED) is 0.885. The summed E-state index contributed by atoms with van der Waals surface area (Å²) in [4.78, 5) is 24.9. The number of hydrogen-bond donors (Lipinski definition) is 2. The van der Waals surface area contributed by atoms with Crippen LogP contribution in [-0.4, -0.2) is 29.9 Å². The largest absolute Gasteiger partial charge is 0.416 e. The molecule has 5 nitrogen and oxygen atoms in total. The lowest BCUT2D eigenvalue weighted by Crippen LogP contribution is -2.47.